The molecular weight excluding hydrogens is 249 g/mol. The molecule has 2 rings (SSSR count). The Bertz CT molecular complexity index is 454. The van der Waals surface area contributed by atoms with Gasteiger partial charge in [0.1, 0.15) is 0 Å². The first-order valence-corrected chi connectivity index (χ1v) is 6.06. The van der Waals surface area contributed by atoms with Crippen molar-refractivity contribution in [2.24, 2.45) is 5.73 Å². The number of rotatable bonds is 2. The topological polar surface area (TPSA) is 26.0 Å². The molecule has 2 aromatic rings. The second-order valence-corrected chi connectivity index (χ2v) is 4.98. The van der Waals surface area contributed by atoms with E-state index < -0.39 is 0 Å². The minimum Gasteiger partial charge on any atom is -0.320 e. The van der Waals surface area contributed by atoms with Gasteiger partial charge in [0.25, 0.3) is 0 Å². The SMILES string of the molecule is NC(c1cccs1)c1cc(Cl)ccc1Cl. The highest BCUT2D eigenvalue weighted by molar-refractivity contribution is 7.10. The zero-order valence-electron chi connectivity index (χ0n) is 7.78. The van der Waals surface area contributed by atoms with Crippen molar-refractivity contribution >= 4 is 34.5 Å². The molecule has 1 atom stereocenters. The Morgan fingerprint density at radius 3 is 2.67 bits per heavy atom. The molecule has 2 N–H and O–H groups in total. The molecule has 0 aliphatic carbocycles. The standard InChI is InChI=1S/C11H9Cl2NS/c12-7-3-4-9(13)8(6-7)11(14)10-2-1-5-15-10/h1-6,11H,14H2. The quantitative estimate of drug-likeness (QED) is 0.862. The smallest absolute Gasteiger partial charge is 0.0661 e. The molecule has 15 heavy (non-hydrogen) atoms. The molecule has 0 bridgehead atoms. The van der Waals surface area contributed by atoms with Crippen LogP contribution in [0.5, 0.6) is 0 Å². The molecule has 0 fully saturated rings. The molecule has 1 aromatic heterocycles. The summed E-state index contributed by atoms with van der Waals surface area (Å²) in [4.78, 5) is 1.08. The number of nitrogens with two attached hydrogens (primary N) is 1. The maximum atomic E-state index is 6.10. The predicted octanol–water partition coefficient (Wildman–Crippen LogP) is 4.10. The third-order valence-corrected chi connectivity index (χ3v) is 3.68. The molecule has 1 heterocycles. The average Bonchev–Trinajstić information content (AvgIpc) is 2.74. The van der Waals surface area contributed by atoms with E-state index in [9.17, 15) is 0 Å². The normalized spacial score (nSPS) is 12.7. The maximum Gasteiger partial charge on any atom is 0.0661 e. The lowest BCUT2D eigenvalue weighted by Crippen LogP contribution is -2.10. The molecule has 1 aromatic carbocycles. The molecule has 0 saturated heterocycles. The van der Waals surface area contributed by atoms with Crippen LogP contribution >= 0.6 is 34.5 Å². The van der Waals surface area contributed by atoms with E-state index in [1.807, 2.05) is 23.6 Å². The lowest BCUT2D eigenvalue weighted by molar-refractivity contribution is 0.894. The van der Waals surface area contributed by atoms with Gasteiger partial charge in [-0.3, -0.25) is 0 Å². The van der Waals surface area contributed by atoms with E-state index in [-0.39, 0.29) is 6.04 Å². The van der Waals surface area contributed by atoms with Crippen LogP contribution in [0.2, 0.25) is 10.0 Å². The Morgan fingerprint density at radius 2 is 2.00 bits per heavy atom. The number of halogens is 2. The number of thiophene rings is 1. The molecule has 4 heteroatoms. The summed E-state index contributed by atoms with van der Waals surface area (Å²) in [6.45, 7) is 0. The van der Waals surface area contributed by atoms with Crippen LogP contribution in [0.4, 0.5) is 0 Å². The van der Waals surface area contributed by atoms with Gasteiger partial charge in [-0.2, -0.15) is 0 Å². The lowest BCUT2D eigenvalue weighted by Gasteiger charge is -2.12. The van der Waals surface area contributed by atoms with Crippen molar-refractivity contribution < 1.29 is 0 Å². The third-order valence-electron chi connectivity index (χ3n) is 2.14. The summed E-state index contributed by atoms with van der Waals surface area (Å²) in [5, 5.41) is 3.30. The summed E-state index contributed by atoms with van der Waals surface area (Å²) in [7, 11) is 0. The van der Waals surface area contributed by atoms with Crippen molar-refractivity contribution in [1.82, 2.24) is 0 Å². The Labute approximate surface area is 102 Å². The summed E-state index contributed by atoms with van der Waals surface area (Å²) in [6, 6.07) is 9.11. The second kappa shape index (κ2) is 4.54. The predicted molar refractivity (Wildman–Crippen MR) is 66.8 cm³/mol. The average molecular weight is 258 g/mol. The molecule has 1 unspecified atom stereocenters. The van der Waals surface area contributed by atoms with Gasteiger partial charge in [-0.15, -0.1) is 11.3 Å². The Morgan fingerprint density at radius 1 is 1.20 bits per heavy atom. The van der Waals surface area contributed by atoms with Gasteiger partial charge in [-0.1, -0.05) is 29.3 Å². The fourth-order valence-electron chi connectivity index (χ4n) is 1.37. The van der Waals surface area contributed by atoms with Gasteiger partial charge in [0.05, 0.1) is 6.04 Å². The van der Waals surface area contributed by atoms with Crippen LogP contribution in [0.25, 0.3) is 0 Å². The van der Waals surface area contributed by atoms with Gasteiger partial charge in [0, 0.05) is 14.9 Å². The van der Waals surface area contributed by atoms with Crippen LogP contribution in [0.3, 0.4) is 0 Å². The van der Waals surface area contributed by atoms with Crippen LogP contribution in [0.15, 0.2) is 35.7 Å². The molecular formula is C11H9Cl2NS. The zero-order chi connectivity index (χ0) is 10.8. The van der Waals surface area contributed by atoms with Crippen molar-refractivity contribution in [3.05, 3.63) is 56.2 Å². The van der Waals surface area contributed by atoms with E-state index in [0.29, 0.717) is 10.0 Å². The fraction of sp³-hybridized carbons (Fsp3) is 0.0909. The van der Waals surface area contributed by atoms with Crippen LogP contribution in [0, 0.1) is 0 Å². The molecule has 0 spiro atoms. The Hall–Kier alpha value is -0.540. The first kappa shape index (κ1) is 11.0. The van der Waals surface area contributed by atoms with Gasteiger partial charge in [-0.05, 0) is 35.2 Å². The molecule has 0 aliphatic heterocycles. The summed E-state index contributed by atoms with van der Waals surface area (Å²) in [5.74, 6) is 0. The number of hydrogen-bond acceptors (Lipinski definition) is 2. The van der Waals surface area contributed by atoms with Crippen LogP contribution < -0.4 is 5.73 Å². The van der Waals surface area contributed by atoms with E-state index >= 15 is 0 Å². The van der Waals surface area contributed by atoms with E-state index in [1.54, 1.807) is 23.5 Å². The highest BCUT2D eigenvalue weighted by Crippen LogP contribution is 2.30. The van der Waals surface area contributed by atoms with Gasteiger partial charge < -0.3 is 5.73 Å². The van der Waals surface area contributed by atoms with E-state index in [2.05, 4.69) is 0 Å². The Balaban J connectivity index is 2.41. The first-order valence-electron chi connectivity index (χ1n) is 4.42. The van der Waals surface area contributed by atoms with Gasteiger partial charge in [-0.25, -0.2) is 0 Å². The molecule has 78 valence electrons. The molecule has 0 aliphatic rings. The molecule has 0 amide bonds. The lowest BCUT2D eigenvalue weighted by atomic mass is 10.1. The van der Waals surface area contributed by atoms with Crippen molar-refractivity contribution in [2.75, 3.05) is 0 Å². The third kappa shape index (κ3) is 2.34. The van der Waals surface area contributed by atoms with Crippen LogP contribution in [0.1, 0.15) is 16.5 Å². The largest absolute Gasteiger partial charge is 0.320 e. The second-order valence-electron chi connectivity index (χ2n) is 3.16. The van der Waals surface area contributed by atoms with Crippen molar-refractivity contribution in [2.45, 2.75) is 6.04 Å². The van der Waals surface area contributed by atoms with Crippen LogP contribution in [-0.2, 0) is 0 Å². The van der Waals surface area contributed by atoms with Crippen molar-refractivity contribution in [3.8, 4) is 0 Å². The molecule has 1 nitrogen and oxygen atoms in total. The summed E-state index contributed by atoms with van der Waals surface area (Å²) in [6.07, 6.45) is 0. The maximum absolute atomic E-state index is 6.10. The molecule has 0 radical (unpaired) electrons. The number of hydrogen-bond donors (Lipinski definition) is 1. The van der Waals surface area contributed by atoms with Gasteiger partial charge in [0.15, 0.2) is 0 Å². The van der Waals surface area contributed by atoms with Gasteiger partial charge in [0.2, 0.25) is 0 Å². The van der Waals surface area contributed by atoms with E-state index in [4.69, 9.17) is 28.9 Å². The minimum atomic E-state index is -0.198. The van der Waals surface area contributed by atoms with Crippen molar-refractivity contribution in [1.29, 1.82) is 0 Å². The van der Waals surface area contributed by atoms with Gasteiger partial charge >= 0.3 is 0 Å². The summed E-state index contributed by atoms with van der Waals surface area (Å²) in [5.41, 5.74) is 6.97. The van der Waals surface area contributed by atoms with E-state index in [0.717, 1.165) is 10.4 Å². The fourth-order valence-corrected chi connectivity index (χ4v) is 2.54. The monoisotopic (exact) mass is 257 g/mol. The summed E-state index contributed by atoms with van der Waals surface area (Å²) < 4.78 is 0. The molecule has 0 saturated carbocycles. The van der Waals surface area contributed by atoms with E-state index in [1.165, 1.54) is 0 Å². The van der Waals surface area contributed by atoms with Crippen molar-refractivity contribution in [3.63, 3.8) is 0 Å². The number of benzene rings is 1. The zero-order valence-corrected chi connectivity index (χ0v) is 10.1. The highest BCUT2D eigenvalue weighted by atomic mass is 35.5. The Kier molecular flexibility index (Phi) is 3.32. The first-order chi connectivity index (χ1) is 7.18. The minimum absolute atomic E-state index is 0.198. The summed E-state index contributed by atoms with van der Waals surface area (Å²) >= 11 is 13.6. The van der Waals surface area contributed by atoms with Crippen LogP contribution in [-0.4, -0.2) is 0 Å². The highest BCUT2D eigenvalue weighted by Gasteiger charge is 2.13.